The van der Waals surface area contributed by atoms with Gasteiger partial charge in [-0.2, -0.15) is 8.42 Å². The maximum atomic E-state index is 12.7. The van der Waals surface area contributed by atoms with Crippen molar-refractivity contribution in [1.29, 1.82) is 0 Å². The Bertz CT molecular complexity index is 1020. The van der Waals surface area contributed by atoms with E-state index in [1.807, 2.05) is 23.4 Å². The summed E-state index contributed by atoms with van der Waals surface area (Å²) in [4.78, 5) is 2.16. The van der Waals surface area contributed by atoms with E-state index in [1.54, 1.807) is 24.3 Å². The van der Waals surface area contributed by atoms with Crippen LogP contribution in [0.4, 0.5) is 0 Å². The van der Waals surface area contributed by atoms with Gasteiger partial charge in [-0.1, -0.05) is 133 Å². The zero-order valence-electron chi connectivity index (χ0n) is 28.2. The molecule has 3 atom stereocenters. The monoisotopic (exact) mass is 667 g/mol. The number of hydrogen-bond acceptors (Lipinski definition) is 8. The van der Waals surface area contributed by atoms with E-state index in [4.69, 9.17) is 18.4 Å². The highest BCUT2D eigenvalue weighted by atomic mass is 32.2. The third-order valence-electron chi connectivity index (χ3n) is 8.60. The summed E-state index contributed by atoms with van der Waals surface area (Å²) in [5.41, 5.74) is 0.473. The van der Waals surface area contributed by atoms with Crippen molar-refractivity contribution in [2.24, 2.45) is 0 Å². The Morgan fingerprint density at radius 2 is 1.42 bits per heavy atom. The van der Waals surface area contributed by atoms with Gasteiger partial charge in [0, 0.05) is 19.4 Å². The topological polar surface area (TPSA) is 74.3 Å². The first kappa shape index (κ1) is 38.3. The summed E-state index contributed by atoms with van der Waals surface area (Å²) in [6, 6.07) is 6.76. The van der Waals surface area contributed by atoms with Gasteiger partial charge in [0.2, 0.25) is 5.56 Å². The number of thioether (sulfide) groups is 1. The molecule has 45 heavy (non-hydrogen) atoms. The molecule has 0 N–H and O–H groups in total. The van der Waals surface area contributed by atoms with Gasteiger partial charge in [0.1, 0.15) is 6.10 Å². The number of hydrogen-bond donors (Lipinski definition) is 0. The van der Waals surface area contributed by atoms with Gasteiger partial charge in [0.05, 0.1) is 18.1 Å². The second kappa shape index (κ2) is 23.3. The average Bonchev–Trinajstić information content (AvgIpc) is 3.67. The number of aryl methyl sites for hydroxylation is 1. The molecule has 9 heteroatoms. The highest BCUT2D eigenvalue weighted by Gasteiger charge is 2.28. The summed E-state index contributed by atoms with van der Waals surface area (Å²) in [5.74, 6) is 0. The molecule has 2 heterocycles. The largest absolute Gasteiger partial charge is 0.379 e. The lowest BCUT2D eigenvalue weighted by Crippen LogP contribution is -2.30. The third-order valence-corrected chi connectivity index (χ3v) is 10.9. The molecule has 1 saturated heterocycles. The normalized spacial score (nSPS) is 20.0. The van der Waals surface area contributed by atoms with E-state index in [0.717, 1.165) is 57.2 Å². The summed E-state index contributed by atoms with van der Waals surface area (Å²) < 4.78 is 48.6. The van der Waals surface area contributed by atoms with Crippen LogP contribution in [0.1, 0.15) is 134 Å². The van der Waals surface area contributed by atoms with E-state index in [2.05, 4.69) is 6.92 Å². The number of unbranched alkanes of at least 4 members (excludes halogenated alkanes) is 16. The van der Waals surface area contributed by atoms with Crippen LogP contribution in [-0.4, -0.2) is 57.6 Å². The van der Waals surface area contributed by atoms with Crippen molar-refractivity contribution in [1.82, 2.24) is 4.90 Å². The first-order chi connectivity index (χ1) is 22.0. The molecule has 3 rings (SSSR count). The Labute approximate surface area is 279 Å². The third kappa shape index (κ3) is 16.5. The minimum atomic E-state index is -3.80. The van der Waals surface area contributed by atoms with Crippen LogP contribution < -0.4 is 0 Å². The lowest BCUT2D eigenvalue weighted by atomic mass is 10.0. The fraction of sp³-hybridized carbons (Fsp3) is 0.778. The summed E-state index contributed by atoms with van der Waals surface area (Å²) in [7, 11) is -3.80. The Kier molecular flexibility index (Phi) is 19.8. The Balaban J connectivity index is 1.09. The molecular formula is C36H61NO6S2. The van der Waals surface area contributed by atoms with Gasteiger partial charge in [-0.15, -0.1) is 0 Å². The maximum absolute atomic E-state index is 12.7. The van der Waals surface area contributed by atoms with Gasteiger partial charge in [0.15, 0.2) is 6.29 Å². The highest BCUT2D eigenvalue weighted by Crippen LogP contribution is 2.30. The number of nitrogens with zero attached hydrogens (tertiary/aromatic N) is 1. The quantitative estimate of drug-likeness (QED) is 0.0678. The van der Waals surface area contributed by atoms with Crippen molar-refractivity contribution >= 4 is 21.9 Å². The summed E-state index contributed by atoms with van der Waals surface area (Å²) in [6.45, 7) is 6.99. The van der Waals surface area contributed by atoms with Crippen molar-refractivity contribution in [2.75, 3.05) is 26.4 Å². The van der Waals surface area contributed by atoms with Crippen LogP contribution in [0.25, 0.3) is 0 Å². The summed E-state index contributed by atoms with van der Waals surface area (Å²) >= 11 is 1.38. The molecule has 0 aromatic heterocycles. The summed E-state index contributed by atoms with van der Waals surface area (Å²) in [5, 5.41) is 1.90. The molecule has 3 unspecified atom stereocenters. The van der Waals surface area contributed by atoms with Crippen molar-refractivity contribution in [2.45, 2.75) is 159 Å². The molecule has 0 amide bonds. The molecule has 258 valence electrons. The summed E-state index contributed by atoms with van der Waals surface area (Å²) in [6.07, 6.45) is 26.1. The van der Waals surface area contributed by atoms with E-state index in [0.29, 0.717) is 13.2 Å². The predicted molar refractivity (Wildman–Crippen MR) is 186 cm³/mol. The fourth-order valence-electron chi connectivity index (χ4n) is 5.77. The highest BCUT2D eigenvalue weighted by molar-refractivity contribution is 8.03. The molecule has 2 aliphatic heterocycles. The molecule has 0 radical (unpaired) electrons. The minimum Gasteiger partial charge on any atom is -0.379 e. The van der Waals surface area contributed by atoms with Crippen LogP contribution in [0.5, 0.6) is 0 Å². The van der Waals surface area contributed by atoms with Gasteiger partial charge in [-0.05, 0) is 50.1 Å². The van der Waals surface area contributed by atoms with Crippen LogP contribution in [-0.2, 0) is 28.5 Å². The SMILES string of the molecule is CCCCCCCCCCCCCCCC1OCC(COCCCCCCCN2C=CSC2OS(=O)(=O)c2ccc(C)cc2)O1. The van der Waals surface area contributed by atoms with Gasteiger partial charge in [-0.3, -0.25) is 0 Å². The number of rotatable bonds is 27. The van der Waals surface area contributed by atoms with Gasteiger partial charge in [0.25, 0.3) is 10.1 Å². The van der Waals surface area contributed by atoms with Gasteiger partial charge >= 0.3 is 0 Å². The first-order valence-corrected chi connectivity index (χ1v) is 20.3. The predicted octanol–water partition coefficient (Wildman–Crippen LogP) is 9.69. The Morgan fingerprint density at radius 1 is 0.822 bits per heavy atom. The van der Waals surface area contributed by atoms with E-state index in [-0.39, 0.29) is 17.3 Å². The Hall–Kier alpha value is -1.10. The van der Waals surface area contributed by atoms with E-state index < -0.39 is 15.7 Å². The molecular weight excluding hydrogens is 607 g/mol. The van der Waals surface area contributed by atoms with Crippen molar-refractivity contribution in [3.63, 3.8) is 0 Å². The zero-order valence-corrected chi connectivity index (χ0v) is 29.8. The zero-order chi connectivity index (χ0) is 32.0. The lowest BCUT2D eigenvalue weighted by molar-refractivity contribution is -0.0761. The van der Waals surface area contributed by atoms with Crippen LogP contribution in [0.15, 0.2) is 40.8 Å². The molecule has 0 aliphatic carbocycles. The van der Waals surface area contributed by atoms with Crippen LogP contribution in [0.2, 0.25) is 0 Å². The first-order valence-electron chi connectivity index (χ1n) is 17.9. The molecule has 0 spiro atoms. The van der Waals surface area contributed by atoms with Crippen molar-refractivity contribution in [3.05, 3.63) is 41.4 Å². The van der Waals surface area contributed by atoms with Crippen LogP contribution >= 0.6 is 11.8 Å². The Morgan fingerprint density at radius 3 is 2.09 bits per heavy atom. The second-order valence-electron chi connectivity index (χ2n) is 12.7. The molecule has 1 aromatic carbocycles. The van der Waals surface area contributed by atoms with Gasteiger partial charge < -0.3 is 19.1 Å². The van der Waals surface area contributed by atoms with Crippen LogP contribution in [0.3, 0.4) is 0 Å². The minimum absolute atomic E-state index is 0.0529. The van der Waals surface area contributed by atoms with E-state index >= 15 is 0 Å². The van der Waals surface area contributed by atoms with Gasteiger partial charge in [-0.25, -0.2) is 4.18 Å². The lowest BCUT2D eigenvalue weighted by Gasteiger charge is -2.24. The van der Waals surface area contributed by atoms with E-state index in [1.165, 1.54) is 95.2 Å². The van der Waals surface area contributed by atoms with Crippen LogP contribution in [0, 0.1) is 6.92 Å². The fourth-order valence-corrected chi connectivity index (χ4v) is 7.87. The molecule has 7 nitrogen and oxygen atoms in total. The van der Waals surface area contributed by atoms with Crippen molar-refractivity contribution < 1.29 is 26.8 Å². The van der Waals surface area contributed by atoms with Crippen molar-refractivity contribution in [3.8, 4) is 0 Å². The maximum Gasteiger partial charge on any atom is 0.299 e. The molecule has 2 aliphatic rings. The molecule has 0 saturated carbocycles. The molecule has 1 aromatic rings. The standard InChI is InChI=1S/C36H61NO6S2/c1-3-4-5-6-7-8-9-10-11-12-13-15-18-21-35-41-31-33(42-35)30-40-28-20-17-14-16-19-26-37-27-29-44-36(37)43-45(38,39)34-24-22-32(2)23-25-34/h22-25,27,29,33,35-36H,3-21,26,28,30-31H2,1-2H3. The number of benzene rings is 1. The average molecular weight is 668 g/mol. The number of ether oxygens (including phenoxy) is 3. The smallest absolute Gasteiger partial charge is 0.299 e. The molecule has 0 bridgehead atoms. The van der Waals surface area contributed by atoms with E-state index in [9.17, 15) is 8.42 Å². The molecule has 1 fully saturated rings. The second-order valence-corrected chi connectivity index (χ2v) is 15.2.